The molecule has 3 rings (SSSR count). The maximum absolute atomic E-state index is 5.40. The second-order valence-corrected chi connectivity index (χ2v) is 5.84. The van der Waals surface area contributed by atoms with E-state index in [9.17, 15) is 0 Å². The highest BCUT2D eigenvalue weighted by Gasteiger charge is 2.22. The van der Waals surface area contributed by atoms with Gasteiger partial charge in [-0.05, 0) is 31.5 Å². The lowest BCUT2D eigenvalue weighted by Crippen LogP contribution is -2.42. The van der Waals surface area contributed by atoms with Crippen LogP contribution < -0.4 is 31.0 Å². The maximum atomic E-state index is 5.40. The van der Waals surface area contributed by atoms with Crippen LogP contribution in [0, 0.1) is 5.92 Å². The number of halogens is 1. The molecule has 0 bridgehead atoms. The zero-order chi connectivity index (χ0) is 16.1. The van der Waals surface area contributed by atoms with Crippen LogP contribution in [0.1, 0.15) is 19.4 Å². The third kappa shape index (κ3) is 4.87. The first kappa shape index (κ1) is 19.1. The van der Waals surface area contributed by atoms with Crippen molar-refractivity contribution in [2.24, 2.45) is 10.9 Å². The third-order valence-electron chi connectivity index (χ3n) is 4.13. The predicted molar refractivity (Wildman–Crippen MR) is 105 cm³/mol. The number of hydrazine groups is 1. The Labute approximate surface area is 160 Å². The van der Waals surface area contributed by atoms with E-state index < -0.39 is 0 Å². The summed E-state index contributed by atoms with van der Waals surface area (Å²) < 4.78 is 10.7. The fourth-order valence-corrected chi connectivity index (χ4v) is 2.67. The molecule has 2 unspecified atom stereocenters. The van der Waals surface area contributed by atoms with Gasteiger partial charge in [0.25, 0.3) is 0 Å². The van der Waals surface area contributed by atoms with E-state index in [1.54, 1.807) is 0 Å². The van der Waals surface area contributed by atoms with Gasteiger partial charge < -0.3 is 20.1 Å². The molecule has 24 heavy (non-hydrogen) atoms. The Bertz CT molecular complexity index is 569. The summed E-state index contributed by atoms with van der Waals surface area (Å²) in [7, 11) is 0. The summed E-state index contributed by atoms with van der Waals surface area (Å²) in [5, 5.41) is 6.70. The Kier molecular flexibility index (Phi) is 7.38. The molecule has 2 atom stereocenters. The molecule has 1 aromatic rings. The van der Waals surface area contributed by atoms with Crippen LogP contribution in [0.3, 0.4) is 0 Å². The largest absolute Gasteiger partial charge is 0.454 e. The van der Waals surface area contributed by atoms with E-state index in [0.29, 0.717) is 25.3 Å². The molecule has 7 nitrogen and oxygen atoms in total. The second-order valence-electron chi connectivity index (χ2n) is 5.84. The van der Waals surface area contributed by atoms with Crippen LogP contribution in [-0.4, -0.2) is 38.4 Å². The summed E-state index contributed by atoms with van der Waals surface area (Å²) in [6.07, 6.45) is 0. The van der Waals surface area contributed by atoms with Crippen LogP contribution in [0.4, 0.5) is 0 Å². The van der Waals surface area contributed by atoms with E-state index in [4.69, 9.17) is 9.47 Å². The highest BCUT2D eigenvalue weighted by Crippen LogP contribution is 2.32. The average Bonchev–Trinajstić information content (AvgIpc) is 3.18. The zero-order valence-corrected chi connectivity index (χ0v) is 16.4. The monoisotopic (exact) mass is 447 g/mol. The SMILES string of the molecule is CCNC(=NCc1ccc2c(c1)OCO2)NCC1CNNC1C.I. The molecular formula is C16H26IN5O2. The zero-order valence-electron chi connectivity index (χ0n) is 14.1. The molecule has 4 N–H and O–H groups in total. The van der Waals surface area contributed by atoms with E-state index in [-0.39, 0.29) is 24.0 Å². The topological polar surface area (TPSA) is 78.9 Å². The van der Waals surface area contributed by atoms with Crippen molar-refractivity contribution in [2.75, 3.05) is 26.4 Å². The molecule has 2 aliphatic rings. The molecule has 8 heteroatoms. The predicted octanol–water partition coefficient (Wildman–Crippen LogP) is 1.20. The van der Waals surface area contributed by atoms with Gasteiger partial charge in [-0.25, -0.2) is 4.99 Å². The number of rotatable bonds is 5. The van der Waals surface area contributed by atoms with E-state index >= 15 is 0 Å². The number of aliphatic imine (C=N–C) groups is 1. The van der Waals surface area contributed by atoms with Crippen molar-refractivity contribution in [1.82, 2.24) is 21.5 Å². The van der Waals surface area contributed by atoms with Crippen LogP contribution in [0.5, 0.6) is 11.5 Å². The van der Waals surface area contributed by atoms with Gasteiger partial charge in [0.05, 0.1) is 6.54 Å². The minimum atomic E-state index is 0. The van der Waals surface area contributed by atoms with E-state index in [1.807, 2.05) is 18.2 Å². The van der Waals surface area contributed by atoms with Gasteiger partial charge in [0, 0.05) is 31.6 Å². The number of nitrogens with zero attached hydrogens (tertiary/aromatic N) is 1. The quantitative estimate of drug-likeness (QED) is 0.309. The smallest absolute Gasteiger partial charge is 0.231 e. The number of nitrogens with one attached hydrogen (secondary N) is 4. The number of hydrogen-bond donors (Lipinski definition) is 4. The van der Waals surface area contributed by atoms with Gasteiger partial charge in [0.2, 0.25) is 6.79 Å². The molecular weight excluding hydrogens is 421 g/mol. The highest BCUT2D eigenvalue weighted by atomic mass is 127. The van der Waals surface area contributed by atoms with Crippen LogP contribution in [-0.2, 0) is 6.54 Å². The molecule has 0 amide bonds. The molecule has 2 aliphatic heterocycles. The van der Waals surface area contributed by atoms with Gasteiger partial charge in [-0.15, -0.1) is 24.0 Å². The average molecular weight is 447 g/mol. The summed E-state index contributed by atoms with van der Waals surface area (Å²) in [6, 6.07) is 6.40. The molecule has 0 spiro atoms. The Balaban J connectivity index is 0.00000208. The number of hydrogen-bond acceptors (Lipinski definition) is 5. The van der Waals surface area contributed by atoms with Gasteiger partial charge in [0.15, 0.2) is 17.5 Å². The lowest BCUT2D eigenvalue weighted by Gasteiger charge is -2.17. The minimum absolute atomic E-state index is 0. The van der Waals surface area contributed by atoms with Crippen LogP contribution in [0.2, 0.25) is 0 Å². The van der Waals surface area contributed by atoms with Crippen LogP contribution in [0.15, 0.2) is 23.2 Å². The Morgan fingerprint density at radius 1 is 1.29 bits per heavy atom. The fourth-order valence-electron chi connectivity index (χ4n) is 2.67. The highest BCUT2D eigenvalue weighted by molar-refractivity contribution is 14.0. The van der Waals surface area contributed by atoms with E-state index in [1.165, 1.54) is 0 Å². The summed E-state index contributed by atoms with van der Waals surface area (Å²) in [6.45, 7) is 7.84. The van der Waals surface area contributed by atoms with Crippen molar-refractivity contribution >= 4 is 29.9 Å². The van der Waals surface area contributed by atoms with Crippen molar-refractivity contribution in [2.45, 2.75) is 26.4 Å². The van der Waals surface area contributed by atoms with Gasteiger partial charge >= 0.3 is 0 Å². The molecule has 1 saturated heterocycles. The molecule has 1 fully saturated rings. The molecule has 0 saturated carbocycles. The molecule has 0 aliphatic carbocycles. The number of guanidine groups is 1. The Morgan fingerprint density at radius 2 is 2.12 bits per heavy atom. The normalized spacial score (nSPS) is 22.2. The maximum Gasteiger partial charge on any atom is 0.231 e. The van der Waals surface area contributed by atoms with Gasteiger partial charge in [-0.1, -0.05) is 6.07 Å². The van der Waals surface area contributed by atoms with E-state index in [0.717, 1.165) is 42.7 Å². The van der Waals surface area contributed by atoms with Gasteiger partial charge in [-0.3, -0.25) is 10.9 Å². The van der Waals surface area contributed by atoms with Gasteiger partial charge in [-0.2, -0.15) is 0 Å². The van der Waals surface area contributed by atoms with E-state index in [2.05, 4.69) is 40.3 Å². The summed E-state index contributed by atoms with van der Waals surface area (Å²) in [5.41, 5.74) is 7.52. The van der Waals surface area contributed by atoms with Gasteiger partial charge in [0.1, 0.15) is 0 Å². The molecule has 0 aromatic heterocycles. The lowest BCUT2D eigenvalue weighted by atomic mass is 10.0. The summed E-state index contributed by atoms with van der Waals surface area (Å²) in [5.74, 6) is 2.99. The molecule has 2 heterocycles. The second kappa shape index (κ2) is 9.28. The lowest BCUT2D eigenvalue weighted by molar-refractivity contribution is 0.174. The number of benzene rings is 1. The first-order chi connectivity index (χ1) is 11.3. The minimum Gasteiger partial charge on any atom is -0.454 e. The van der Waals surface area contributed by atoms with Crippen molar-refractivity contribution < 1.29 is 9.47 Å². The Hall–Kier alpha value is -1.26. The molecule has 134 valence electrons. The molecule has 0 radical (unpaired) electrons. The summed E-state index contributed by atoms with van der Waals surface area (Å²) in [4.78, 5) is 4.65. The van der Waals surface area contributed by atoms with Crippen LogP contribution in [0.25, 0.3) is 0 Å². The number of ether oxygens (including phenoxy) is 2. The number of fused-ring (bicyclic) bond motifs is 1. The molecule has 1 aromatic carbocycles. The van der Waals surface area contributed by atoms with Crippen molar-refractivity contribution in [3.8, 4) is 11.5 Å². The van der Waals surface area contributed by atoms with Crippen molar-refractivity contribution in [3.63, 3.8) is 0 Å². The standard InChI is InChI=1S/C16H25N5O2.HI/c1-3-17-16(19-8-13-9-20-21-11(13)2)18-7-12-4-5-14-15(6-12)23-10-22-14;/h4-6,11,13,20-21H,3,7-10H2,1-2H3,(H2,17,18,19);1H. The van der Waals surface area contributed by atoms with Crippen molar-refractivity contribution in [1.29, 1.82) is 0 Å². The fraction of sp³-hybridized carbons (Fsp3) is 0.562. The first-order valence-electron chi connectivity index (χ1n) is 8.15. The first-order valence-corrected chi connectivity index (χ1v) is 8.15. The van der Waals surface area contributed by atoms with Crippen molar-refractivity contribution in [3.05, 3.63) is 23.8 Å². The third-order valence-corrected chi connectivity index (χ3v) is 4.13. The summed E-state index contributed by atoms with van der Waals surface area (Å²) >= 11 is 0. The Morgan fingerprint density at radius 3 is 2.88 bits per heavy atom. The van der Waals surface area contributed by atoms with Crippen LogP contribution >= 0.6 is 24.0 Å².